The first kappa shape index (κ1) is 22.1. The van der Waals surface area contributed by atoms with Crippen LogP contribution in [0.3, 0.4) is 0 Å². The number of hydrogen-bond acceptors (Lipinski definition) is 5. The van der Waals surface area contributed by atoms with Gasteiger partial charge in [0.1, 0.15) is 12.3 Å². The summed E-state index contributed by atoms with van der Waals surface area (Å²) in [4.78, 5) is 18.9. The molecule has 158 valence electrons. The van der Waals surface area contributed by atoms with E-state index < -0.39 is 0 Å². The van der Waals surface area contributed by atoms with E-state index in [1.807, 2.05) is 44.2 Å². The van der Waals surface area contributed by atoms with E-state index in [-0.39, 0.29) is 18.5 Å². The first-order chi connectivity index (χ1) is 14.4. The molecule has 0 aliphatic carbocycles. The molecule has 0 bridgehead atoms. The van der Waals surface area contributed by atoms with Crippen LogP contribution in [0, 0.1) is 0 Å². The summed E-state index contributed by atoms with van der Waals surface area (Å²) < 4.78 is 11.0. The molecule has 0 aliphatic rings. The molecule has 1 aromatic heterocycles. The maximum absolute atomic E-state index is 12.7. The largest absolute Gasteiger partial charge is 0.492 e. The zero-order valence-corrected chi connectivity index (χ0v) is 18.4. The zero-order valence-electron chi connectivity index (χ0n) is 16.8. The Hall–Kier alpha value is -2.57. The Balaban J connectivity index is 1.53. The number of rotatable bonds is 9. The number of nitrogens with zero attached hydrogens (tertiary/aromatic N) is 3. The maximum atomic E-state index is 12.7. The quantitative estimate of drug-likeness (QED) is 0.397. The van der Waals surface area contributed by atoms with Crippen molar-refractivity contribution in [3.8, 4) is 17.1 Å². The molecule has 0 aliphatic heterocycles. The number of halogens is 2. The van der Waals surface area contributed by atoms with Gasteiger partial charge in [0.25, 0.3) is 0 Å². The SMILES string of the molecule is CC(C)N(Cc1nc(-c2ccccc2)no1)C(=O)CCCOc1ccc(Cl)cc1Cl. The molecule has 0 atom stereocenters. The fourth-order valence-electron chi connectivity index (χ4n) is 2.87. The average Bonchev–Trinajstić information content (AvgIpc) is 3.20. The number of carbonyl (C=O) groups excluding carboxylic acids is 1. The van der Waals surface area contributed by atoms with E-state index in [0.29, 0.717) is 47.0 Å². The second kappa shape index (κ2) is 10.5. The standard InChI is InChI=1S/C22H23Cl2N3O3/c1-15(2)27(14-20-25-22(26-30-20)16-7-4-3-5-8-16)21(28)9-6-12-29-19-11-10-17(23)13-18(19)24/h3-5,7-8,10-11,13,15H,6,9,12,14H2,1-2H3. The highest BCUT2D eigenvalue weighted by Gasteiger charge is 2.20. The molecule has 0 saturated carbocycles. The number of ether oxygens (including phenoxy) is 1. The summed E-state index contributed by atoms with van der Waals surface area (Å²) in [5, 5.41) is 5.01. The normalized spacial score (nSPS) is 11.0. The first-order valence-electron chi connectivity index (χ1n) is 9.69. The number of benzene rings is 2. The first-order valence-corrected chi connectivity index (χ1v) is 10.4. The fraction of sp³-hybridized carbons (Fsp3) is 0.318. The smallest absolute Gasteiger partial charge is 0.246 e. The van der Waals surface area contributed by atoms with Crippen molar-refractivity contribution in [3.63, 3.8) is 0 Å². The molecule has 3 rings (SSSR count). The minimum Gasteiger partial charge on any atom is -0.492 e. The second-order valence-corrected chi connectivity index (χ2v) is 7.86. The molecule has 0 N–H and O–H groups in total. The number of amides is 1. The predicted molar refractivity (Wildman–Crippen MR) is 117 cm³/mol. The maximum Gasteiger partial charge on any atom is 0.246 e. The van der Waals surface area contributed by atoms with Crippen molar-refractivity contribution in [2.45, 2.75) is 39.3 Å². The second-order valence-electron chi connectivity index (χ2n) is 7.02. The molecule has 30 heavy (non-hydrogen) atoms. The summed E-state index contributed by atoms with van der Waals surface area (Å²) in [6.07, 6.45) is 0.892. The molecule has 0 saturated heterocycles. The van der Waals surface area contributed by atoms with Gasteiger partial charge in [-0.2, -0.15) is 4.98 Å². The van der Waals surface area contributed by atoms with Crippen LogP contribution in [0.2, 0.25) is 10.0 Å². The van der Waals surface area contributed by atoms with Crippen molar-refractivity contribution in [2.24, 2.45) is 0 Å². The van der Waals surface area contributed by atoms with E-state index in [9.17, 15) is 4.79 Å². The molecule has 0 radical (unpaired) electrons. The van der Waals surface area contributed by atoms with Crippen LogP contribution in [0.25, 0.3) is 11.4 Å². The highest BCUT2D eigenvalue weighted by atomic mass is 35.5. The Morgan fingerprint density at radius 2 is 1.93 bits per heavy atom. The molecule has 1 amide bonds. The zero-order chi connectivity index (χ0) is 21.5. The predicted octanol–water partition coefficient (Wildman–Crippen LogP) is 5.64. The Morgan fingerprint density at radius 1 is 1.17 bits per heavy atom. The Kier molecular flexibility index (Phi) is 7.71. The van der Waals surface area contributed by atoms with Crippen molar-refractivity contribution >= 4 is 29.1 Å². The van der Waals surface area contributed by atoms with Crippen LogP contribution in [-0.4, -0.2) is 33.6 Å². The monoisotopic (exact) mass is 447 g/mol. The van der Waals surface area contributed by atoms with Gasteiger partial charge in [0, 0.05) is 23.0 Å². The summed E-state index contributed by atoms with van der Waals surface area (Å²) in [5.41, 5.74) is 0.868. The molecule has 6 nitrogen and oxygen atoms in total. The van der Waals surface area contributed by atoms with Crippen molar-refractivity contribution in [1.82, 2.24) is 15.0 Å². The van der Waals surface area contributed by atoms with Crippen LogP contribution >= 0.6 is 23.2 Å². The molecule has 8 heteroatoms. The van der Waals surface area contributed by atoms with Gasteiger partial charge in [0.2, 0.25) is 17.6 Å². The van der Waals surface area contributed by atoms with E-state index in [1.54, 1.807) is 23.1 Å². The lowest BCUT2D eigenvalue weighted by Crippen LogP contribution is -2.36. The van der Waals surface area contributed by atoms with Gasteiger partial charge in [-0.15, -0.1) is 0 Å². The highest BCUT2D eigenvalue weighted by Crippen LogP contribution is 2.27. The molecule has 3 aromatic rings. The molecule has 0 spiro atoms. The van der Waals surface area contributed by atoms with Gasteiger partial charge >= 0.3 is 0 Å². The Bertz CT molecular complexity index is 977. The van der Waals surface area contributed by atoms with E-state index in [2.05, 4.69) is 10.1 Å². The number of aromatic nitrogens is 2. The van der Waals surface area contributed by atoms with Crippen LogP contribution in [0.15, 0.2) is 53.1 Å². The summed E-state index contributed by atoms with van der Waals surface area (Å²) in [5.74, 6) is 1.46. The summed E-state index contributed by atoms with van der Waals surface area (Å²) >= 11 is 12.0. The molecular weight excluding hydrogens is 425 g/mol. The summed E-state index contributed by atoms with van der Waals surface area (Å²) in [6.45, 7) is 4.55. The molecule has 2 aromatic carbocycles. The van der Waals surface area contributed by atoms with Gasteiger partial charge in [0.05, 0.1) is 11.6 Å². The number of carbonyl (C=O) groups is 1. The minimum absolute atomic E-state index is 0.00352. The lowest BCUT2D eigenvalue weighted by molar-refractivity contribution is -0.134. The van der Waals surface area contributed by atoms with Crippen molar-refractivity contribution < 1.29 is 14.1 Å². The molecule has 1 heterocycles. The third-order valence-electron chi connectivity index (χ3n) is 4.44. The van der Waals surface area contributed by atoms with Gasteiger partial charge < -0.3 is 14.2 Å². The average molecular weight is 448 g/mol. The lowest BCUT2D eigenvalue weighted by Gasteiger charge is -2.25. The summed E-state index contributed by atoms with van der Waals surface area (Å²) in [7, 11) is 0. The van der Waals surface area contributed by atoms with E-state index >= 15 is 0 Å². The molecule has 0 unspecified atom stereocenters. The third kappa shape index (κ3) is 5.97. The van der Waals surface area contributed by atoms with Crippen LogP contribution in [0.4, 0.5) is 0 Å². The minimum atomic E-state index is -0.00439. The van der Waals surface area contributed by atoms with Gasteiger partial charge in [-0.25, -0.2) is 0 Å². The number of hydrogen-bond donors (Lipinski definition) is 0. The van der Waals surface area contributed by atoms with Crippen LogP contribution in [0.5, 0.6) is 5.75 Å². The van der Waals surface area contributed by atoms with Gasteiger partial charge in [-0.1, -0.05) is 58.7 Å². The summed E-state index contributed by atoms with van der Waals surface area (Å²) in [6, 6.07) is 14.6. The Labute approximate surface area is 185 Å². The van der Waals surface area contributed by atoms with Crippen molar-refractivity contribution in [1.29, 1.82) is 0 Å². The van der Waals surface area contributed by atoms with Crippen LogP contribution in [-0.2, 0) is 11.3 Å². The van der Waals surface area contributed by atoms with Gasteiger partial charge in [-0.05, 0) is 38.5 Å². The van der Waals surface area contributed by atoms with Crippen LogP contribution < -0.4 is 4.74 Å². The van der Waals surface area contributed by atoms with E-state index in [4.69, 9.17) is 32.5 Å². The topological polar surface area (TPSA) is 68.5 Å². The molecular formula is C22H23Cl2N3O3. The van der Waals surface area contributed by atoms with E-state index in [0.717, 1.165) is 5.56 Å². The highest BCUT2D eigenvalue weighted by molar-refractivity contribution is 6.35. The fourth-order valence-corrected chi connectivity index (χ4v) is 3.33. The van der Waals surface area contributed by atoms with E-state index in [1.165, 1.54) is 0 Å². The third-order valence-corrected chi connectivity index (χ3v) is 4.97. The van der Waals surface area contributed by atoms with Crippen molar-refractivity contribution in [2.75, 3.05) is 6.61 Å². The van der Waals surface area contributed by atoms with Crippen molar-refractivity contribution in [3.05, 3.63) is 64.5 Å². The van der Waals surface area contributed by atoms with Gasteiger partial charge in [-0.3, -0.25) is 4.79 Å². The van der Waals surface area contributed by atoms with Crippen LogP contribution in [0.1, 0.15) is 32.6 Å². The van der Waals surface area contributed by atoms with Gasteiger partial charge in [0.15, 0.2) is 0 Å². The molecule has 0 fully saturated rings. The lowest BCUT2D eigenvalue weighted by atomic mass is 10.2. The Morgan fingerprint density at radius 3 is 2.63 bits per heavy atom.